The van der Waals surface area contributed by atoms with Crippen LogP contribution in [0.5, 0.6) is 5.75 Å². The zero-order valence-corrected chi connectivity index (χ0v) is 15.9. The molecule has 0 aliphatic heterocycles. The number of nitrogens with zero attached hydrogens (tertiary/aromatic N) is 1. The summed E-state index contributed by atoms with van der Waals surface area (Å²) in [6, 6.07) is 14.1. The smallest absolute Gasteiger partial charge is 0.320 e. The number of aromatic amines is 1. The SMILES string of the molecule is CC(C)NC(=O)Nc1n[nH]c2ccc(OC(C)C(=O)Nc3ccccc3)cc12. The Morgan fingerprint density at radius 3 is 2.50 bits per heavy atom. The summed E-state index contributed by atoms with van der Waals surface area (Å²) in [7, 11) is 0. The molecular weight excluding hydrogens is 358 g/mol. The number of carbonyl (C=O) groups is 2. The first kappa shape index (κ1) is 19.2. The quantitative estimate of drug-likeness (QED) is 0.524. The fourth-order valence-corrected chi connectivity index (χ4v) is 2.59. The van der Waals surface area contributed by atoms with Crippen molar-refractivity contribution in [2.45, 2.75) is 32.9 Å². The molecule has 0 bridgehead atoms. The van der Waals surface area contributed by atoms with Gasteiger partial charge in [0.2, 0.25) is 0 Å². The van der Waals surface area contributed by atoms with E-state index in [0.717, 1.165) is 5.52 Å². The molecule has 0 spiro atoms. The van der Waals surface area contributed by atoms with Crippen LogP contribution < -0.4 is 20.7 Å². The second kappa shape index (κ2) is 8.43. The van der Waals surface area contributed by atoms with Crippen molar-refractivity contribution >= 4 is 34.3 Å². The van der Waals surface area contributed by atoms with Gasteiger partial charge in [0.15, 0.2) is 11.9 Å². The number of carbonyl (C=O) groups excluding carboxylic acids is 2. The normalized spacial score (nSPS) is 11.9. The third-order valence-electron chi connectivity index (χ3n) is 3.91. The first-order valence-corrected chi connectivity index (χ1v) is 9.00. The van der Waals surface area contributed by atoms with Crippen LogP contribution in [0.3, 0.4) is 0 Å². The second-order valence-corrected chi connectivity index (χ2v) is 6.65. The first-order chi connectivity index (χ1) is 13.4. The van der Waals surface area contributed by atoms with Gasteiger partial charge in [-0.1, -0.05) is 18.2 Å². The molecule has 0 fully saturated rings. The van der Waals surface area contributed by atoms with Gasteiger partial charge in [0.25, 0.3) is 5.91 Å². The van der Waals surface area contributed by atoms with Crippen molar-refractivity contribution in [2.75, 3.05) is 10.6 Å². The highest BCUT2D eigenvalue weighted by atomic mass is 16.5. The van der Waals surface area contributed by atoms with Gasteiger partial charge >= 0.3 is 6.03 Å². The molecule has 0 aliphatic carbocycles. The van der Waals surface area contributed by atoms with E-state index in [1.165, 1.54) is 0 Å². The van der Waals surface area contributed by atoms with Gasteiger partial charge in [-0.3, -0.25) is 15.2 Å². The fraction of sp³-hybridized carbons (Fsp3) is 0.250. The van der Waals surface area contributed by atoms with Crippen LogP contribution in [0, 0.1) is 0 Å². The van der Waals surface area contributed by atoms with E-state index in [2.05, 4.69) is 26.1 Å². The minimum absolute atomic E-state index is 0.00748. The number of fused-ring (bicyclic) bond motifs is 1. The van der Waals surface area contributed by atoms with Gasteiger partial charge in [0, 0.05) is 17.1 Å². The summed E-state index contributed by atoms with van der Waals surface area (Å²) >= 11 is 0. The number of aromatic nitrogens is 2. The number of benzene rings is 2. The van der Waals surface area contributed by atoms with Crippen LogP contribution in [-0.4, -0.2) is 34.3 Å². The Bertz CT molecular complexity index is 968. The van der Waals surface area contributed by atoms with Gasteiger partial charge in [-0.25, -0.2) is 4.79 Å². The van der Waals surface area contributed by atoms with E-state index < -0.39 is 6.10 Å². The van der Waals surface area contributed by atoms with Crippen molar-refractivity contribution in [1.82, 2.24) is 15.5 Å². The molecule has 3 rings (SSSR count). The number of hydrogen-bond acceptors (Lipinski definition) is 4. The zero-order valence-electron chi connectivity index (χ0n) is 15.9. The van der Waals surface area contributed by atoms with Crippen molar-refractivity contribution in [3.63, 3.8) is 0 Å². The molecule has 146 valence electrons. The highest BCUT2D eigenvalue weighted by Gasteiger charge is 2.16. The molecule has 8 heteroatoms. The number of ether oxygens (including phenoxy) is 1. The molecule has 28 heavy (non-hydrogen) atoms. The van der Waals surface area contributed by atoms with E-state index >= 15 is 0 Å². The number of rotatable bonds is 6. The van der Waals surface area contributed by atoms with Gasteiger partial charge in [0.1, 0.15) is 5.75 Å². The number of hydrogen-bond donors (Lipinski definition) is 4. The van der Waals surface area contributed by atoms with E-state index in [9.17, 15) is 9.59 Å². The number of anilines is 2. The summed E-state index contributed by atoms with van der Waals surface area (Å²) in [5.74, 6) is 0.630. The van der Waals surface area contributed by atoms with Gasteiger partial charge in [-0.05, 0) is 51.1 Å². The number of amides is 3. The van der Waals surface area contributed by atoms with E-state index in [1.807, 2.05) is 44.2 Å². The molecule has 0 aliphatic rings. The molecular formula is C20H23N5O3. The van der Waals surface area contributed by atoms with E-state index in [0.29, 0.717) is 22.6 Å². The number of H-pyrrole nitrogens is 1. The predicted octanol–water partition coefficient (Wildman–Crippen LogP) is 3.50. The van der Waals surface area contributed by atoms with Crippen LogP contribution in [-0.2, 0) is 4.79 Å². The Balaban J connectivity index is 1.70. The molecule has 0 radical (unpaired) electrons. The molecule has 0 saturated carbocycles. The molecule has 1 atom stereocenters. The molecule has 1 heterocycles. The maximum Gasteiger partial charge on any atom is 0.320 e. The molecule has 4 N–H and O–H groups in total. The molecule has 3 amide bonds. The Morgan fingerprint density at radius 2 is 1.79 bits per heavy atom. The Morgan fingerprint density at radius 1 is 1.04 bits per heavy atom. The van der Waals surface area contributed by atoms with Crippen LogP contribution in [0.25, 0.3) is 10.9 Å². The summed E-state index contributed by atoms with van der Waals surface area (Å²) < 4.78 is 5.77. The zero-order chi connectivity index (χ0) is 20.1. The molecule has 1 aromatic heterocycles. The summed E-state index contributed by atoms with van der Waals surface area (Å²) in [5, 5.41) is 15.9. The van der Waals surface area contributed by atoms with Crippen molar-refractivity contribution in [3.8, 4) is 5.75 Å². The van der Waals surface area contributed by atoms with E-state index in [1.54, 1.807) is 25.1 Å². The topological polar surface area (TPSA) is 108 Å². The van der Waals surface area contributed by atoms with Crippen molar-refractivity contribution in [3.05, 3.63) is 48.5 Å². The van der Waals surface area contributed by atoms with Crippen LogP contribution in [0.1, 0.15) is 20.8 Å². The Hall–Kier alpha value is -3.55. The van der Waals surface area contributed by atoms with Crippen LogP contribution >= 0.6 is 0 Å². The van der Waals surface area contributed by atoms with Gasteiger partial charge in [-0.2, -0.15) is 5.10 Å². The van der Waals surface area contributed by atoms with Gasteiger partial charge in [0.05, 0.1) is 5.52 Å². The summed E-state index contributed by atoms with van der Waals surface area (Å²) in [6.45, 7) is 5.42. The summed E-state index contributed by atoms with van der Waals surface area (Å²) in [5.41, 5.74) is 1.45. The van der Waals surface area contributed by atoms with E-state index in [4.69, 9.17) is 4.74 Å². The molecule has 2 aromatic carbocycles. The average molecular weight is 381 g/mol. The van der Waals surface area contributed by atoms with Crippen molar-refractivity contribution in [1.29, 1.82) is 0 Å². The lowest BCUT2D eigenvalue weighted by molar-refractivity contribution is -0.122. The Kier molecular flexibility index (Phi) is 5.78. The summed E-state index contributed by atoms with van der Waals surface area (Å²) in [4.78, 5) is 24.3. The highest BCUT2D eigenvalue weighted by molar-refractivity contribution is 5.99. The van der Waals surface area contributed by atoms with Crippen LogP contribution in [0.2, 0.25) is 0 Å². The number of urea groups is 1. The number of nitrogens with one attached hydrogen (secondary N) is 4. The minimum Gasteiger partial charge on any atom is -0.481 e. The molecule has 0 saturated heterocycles. The third-order valence-corrected chi connectivity index (χ3v) is 3.91. The Labute approximate surface area is 162 Å². The maximum absolute atomic E-state index is 12.3. The van der Waals surface area contributed by atoms with Crippen molar-refractivity contribution < 1.29 is 14.3 Å². The lowest BCUT2D eigenvalue weighted by atomic mass is 10.2. The lowest BCUT2D eigenvalue weighted by Gasteiger charge is -2.15. The first-order valence-electron chi connectivity index (χ1n) is 9.00. The fourth-order valence-electron chi connectivity index (χ4n) is 2.59. The molecule has 1 unspecified atom stereocenters. The second-order valence-electron chi connectivity index (χ2n) is 6.65. The maximum atomic E-state index is 12.3. The number of para-hydroxylation sites is 1. The minimum atomic E-state index is -0.704. The molecule has 3 aromatic rings. The van der Waals surface area contributed by atoms with Crippen molar-refractivity contribution in [2.24, 2.45) is 0 Å². The standard InChI is InChI=1S/C20H23N5O3/c1-12(2)21-20(27)23-18-16-11-15(9-10-17(16)24-25-18)28-13(3)19(26)22-14-7-5-4-6-8-14/h4-13H,1-3H3,(H,22,26)(H3,21,23,24,25,27). The predicted molar refractivity (Wildman–Crippen MR) is 109 cm³/mol. The highest BCUT2D eigenvalue weighted by Crippen LogP contribution is 2.26. The largest absolute Gasteiger partial charge is 0.481 e. The molecule has 8 nitrogen and oxygen atoms in total. The van der Waals surface area contributed by atoms with E-state index in [-0.39, 0.29) is 18.0 Å². The van der Waals surface area contributed by atoms with Crippen LogP contribution in [0.4, 0.5) is 16.3 Å². The van der Waals surface area contributed by atoms with Gasteiger partial charge in [-0.15, -0.1) is 0 Å². The third kappa shape index (κ3) is 4.79. The van der Waals surface area contributed by atoms with Gasteiger partial charge < -0.3 is 15.4 Å². The monoisotopic (exact) mass is 381 g/mol. The summed E-state index contributed by atoms with van der Waals surface area (Å²) in [6.07, 6.45) is -0.704. The van der Waals surface area contributed by atoms with Crippen LogP contribution in [0.15, 0.2) is 48.5 Å². The lowest BCUT2D eigenvalue weighted by Crippen LogP contribution is -2.34. The average Bonchev–Trinajstić information content (AvgIpc) is 3.04.